The van der Waals surface area contributed by atoms with Gasteiger partial charge in [0.2, 0.25) is 0 Å². The fraction of sp³-hybridized carbons (Fsp3) is 0.850. The third-order valence-corrected chi connectivity index (χ3v) is 8.00. The fourth-order valence-corrected chi connectivity index (χ4v) is 6.60. The summed E-state index contributed by atoms with van der Waals surface area (Å²) in [6.45, 7) is 5.63. The van der Waals surface area contributed by atoms with Gasteiger partial charge in [-0.2, -0.15) is 0 Å². The van der Waals surface area contributed by atoms with Crippen LogP contribution in [-0.4, -0.2) is 83.7 Å². The molecule has 0 aromatic heterocycles. The van der Waals surface area contributed by atoms with Crippen LogP contribution in [0, 0.1) is 23.7 Å². The first-order chi connectivity index (χ1) is 12.8. The van der Waals surface area contributed by atoms with E-state index in [4.69, 9.17) is 4.74 Å². The molecule has 0 amide bonds. The van der Waals surface area contributed by atoms with Gasteiger partial charge in [0.15, 0.2) is 0 Å². The van der Waals surface area contributed by atoms with Gasteiger partial charge >= 0.3 is 0 Å². The Balaban J connectivity index is 2.04. The number of hydrogen-bond donors (Lipinski definition) is 6. The topological polar surface area (TPSA) is 148 Å². The maximum atomic E-state index is 12.9. The third kappa shape index (κ3) is 2.02. The van der Waals surface area contributed by atoms with Gasteiger partial charge in [0.1, 0.15) is 29.2 Å². The summed E-state index contributed by atoms with van der Waals surface area (Å²) >= 11 is 0. The number of rotatable bonds is 1. The van der Waals surface area contributed by atoms with Gasteiger partial charge in [-0.1, -0.05) is 13.0 Å². The van der Waals surface area contributed by atoms with E-state index >= 15 is 0 Å². The van der Waals surface area contributed by atoms with Gasteiger partial charge in [0.05, 0.1) is 29.8 Å². The molecule has 3 aliphatic carbocycles. The molecular formula is C20H30O8. The molecule has 0 aromatic carbocycles. The van der Waals surface area contributed by atoms with E-state index in [9.17, 15) is 35.4 Å². The molecule has 4 rings (SSSR count). The number of ketones is 1. The highest BCUT2D eigenvalue weighted by molar-refractivity contribution is 5.85. The Morgan fingerprint density at radius 2 is 1.79 bits per heavy atom. The van der Waals surface area contributed by atoms with Crippen LogP contribution in [0.4, 0.5) is 0 Å². The zero-order valence-electron chi connectivity index (χ0n) is 16.5. The highest BCUT2D eigenvalue weighted by atomic mass is 16.5. The normalized spacial score (nSPS) is 57.4. The third-order valence-electron chi connectivity index (χ3n) is 8.00. The predicted molar refractivity (Wildman–Crippen MR) is 95.9 cm³/mol. The molecule has 1 heterocycles. The molecule has 8 heteroatoms. The molecule has 1 saturated heterocycles. The number of fused-ring (bicyclic) bond motifs is 2. The van der Waals surface area contributed by atoms with E-state index in [0.717, 1.165) is 0 Å². The van der Waals surface area contributed by atoms with Crippen molar-refractivity contribution in [2.45, 2.75) is 74.8 Å². The number of ether oxygens (including phenoxy) is 1. The summed E-state index contributed by atoms with van der Waals surface area (Å²) in [4.78, 5) is 12.9. The molecule has 0 aromatic rings. The van der Waals surface area contributed by atoms with Crippen molar-refractivity contribution in [3.63, 3.8) is 0 Å². The SMILES string of the molecule is CC1=CC2C3(O)C(C)CC(=O)C4C3C(OC4(C)C)C(O)(CO)C(O)C2(O)C1O. The minimum Gasteiger partial charge on any atom is -0.393 e. The summed E-state index contributed by atoms with van der Waals surface area (Å²) < 4.78 is 6.02. The first-order valence-corrected chi connectivity index (χ1v) is 9.80. The molecule has 2 saturated carbocycles. The number of aliphatic hydroxyl groups excluding tert-OH is 3. The molecule has 4 aliphatic rings. The standard InChI is InChI=1S/C20H30O8/c1-8-5-11-19(26)9(2)6-10(22)12-13(19)15(28-17(12,3)4)18(25,7-21)16(24)20(11,27)14(8)23/h5,9,11-16,21,23-27H,6-7H2,1-4H3. The average Bonchev–Trinajstić information content (AvgIpc) is 3.04. The van der Waals surface area contributed by atoms with E-state index in [2.05, 4.69) is 0 Å². The van der Waals surface area contributed by atoms with Gasteiger partial charge in [-0.15, -0.1) is 0 Å². The second kappa shape index (κ2) is 5.63. The molecule has 28 heavy (non-hydrogen) atoms. The summed E-state index contributed by atoms with van der Waals surface area (Å²) in [5, 5.41) is 66.7. The first-order valence-electron chi connectivity index (χ1n) is 9.80. The first kappa shape index (κ1) is 20.4. The fourth-order valence-electron chi connectivity index (χ4n) is 6.60. The second-order valence-corrected chi connectivity index (χ2v) is 9.83. The molecule has 0 radical (unpaired) electrons. The lowest BCUT2D eigenvalue weighted by Gasteiger charge is -2.52. The Kier molecular flexibility index (Phi) is 4.10. The van der Waals surface area contributed by atoms with E-state index in [0.29, 0.717) is 5.57 Å². The molecule has 3 fully saturated rings. The zero-order chi connectivity index (χ0) is 21.0. The summed E-state index contributed by atoms with van der Waals surface area (Å²) in [5.74, 6) is -3.67. The van der Waals surface area contributed by atoms with E-state index in [1.54, 1.807) is 27.7 Å². The highest BCUT2D eigenvalue weighted by Crippen LogP contribution is 2.63. The van der Waals surface area contributed by atoms with Crippen LogP contribution in [0.5, 0.6) is 0 Å². The molecule has 0 bridgehead atoms. The van der Waals surface area contributed by atoms with E-state index < -0.39 is 71.0 Å². The van der Waals surface area contributed by atoms with Crippen LogP contribution in [0.15, 0.2) is 11.6 Å². The lowest BCUT2D eigenvalue weighted by molar-refractivity contribution is -0.253. The Morgan fingerprint density at radius 1 is 1.18 bits per heavy atom. The minimum atomic E-state index is -2.38. The van der Waals surface area contributed by atoms with Crippen molar-refractivity contribution in [1.82, 2.24) is 0 Å². The summed E-state index contributed by atoms with van der Waals surface area (Å²) in [6, 6.07) is 0. The average molecular weight is 398 g/mol. The maximum absolute atomic E-state index is 12.9. The van der Waals surface area contributed by atoms with Crippen molar-refractivity contribution in [2.24, 2.45) is 23.7 Å². The van der Waals surface area contributed by atoms with Gasteiger partial charge in [-0.05, 0) is 32.3 Å². The number of hydrogen-bond acceptors (Lipinski definition) is 8. The number of aliphatic hydroxyl groups is 6. The van der Waals surface area contributed by atoms with Crippen LogP contribution in [0.25, 0.3) is 0 Å². The maximum Gasteiger partial charge on any atom is 0.143 e. The van der Waals surface area contributed by atoms with Crippen molar-refractivity contribution in [3.8, 4) is 0 Å². The summed E-state index contributed by atoms with van der Waals surface area (Å²) in [5.41, 5.74) is -7.17. The number of carbonyl (C=O) groups is 1. The molecule has 0 spiro atoms. The van der Waals surface area contributed by atoms with Crippen molar-refractivity contribution in [1.29, 1.82) is 0 Å². The van der Waals surface area contributed by atoms with Gasteiger partial charge in [0.25, 0.3) is 0 Å². The predicted octanol–water partition coefficient (Wildman–Crippen LogP) is -1.50. The van der Waals surface area contributed by atoms with Crippen molar-refractivity contribution in [2.75, 3.05) is 6.61 Å². The van der Waals surface area contributed by atoms with Gasteiger partial charge < -0.3 is 35.4 Å². The van der Waals surface area contributed by atoms with E-state index in [1.165, 1.54) is 6.08 Å². The van der Waals surface area contributed by atoms with Gasteiger partial charge in [-0.25, -0.2) is 0 Å². The van der Waals surface area contributed by atoms with Crippen LogP contribution in [0.1, 0.15) is 34.1 Å². The Bertz CT molecular complexity index is 748. The molecule has 1 aliphatic heterocycles. The zero-order valence-corrected chi connectivity index (χ0v) is 16.5. The Hall–Kier alpha value is -0.870. The molecule has 10 unspecified atom stereocenters. The van der Waals surface area contributed by atoms with Crippen LogP contribution >= 0.6 is 0 Å². The monoisotopic (exact) mass is 398 g/mol. The summed E-state index contributed by atoms with van der Waals surface area (Å²) in [6.07, 6.45) is -3.32. The molecular weight excluding hydrogens is 368 g/mol. The van der Waals surface area contributed by atoms with Gasteiger partial charge in [0, 0.05) is 18.3 Å². The lowest BCUT2D eigenvalue weighted by Crippen LogP contribution is -2.68. The van der Waals surface area contributed by atoms with Crippen LogP contribution in [0.3, 0.4) is 0 Å². The lowest BCUT2D eigenvalue weighted by atomic mass is 9.54. The van der Waals surface area contributed by atoms with Gasteiger partial charge in [-0.3, -0.25) is 4.79 Å². The molecule has 6 N–H and O–H groups in total. The number of Topliss-reactive ketones (excluding diaryl/α,β-unsaturated/α-hetero) is 1. The van der Waals surface area contributed by atoms with Crippen LogP contribution in [-0.2, 0) is 9.53 Å². The van der Waals surface area contributed by atoms with Crippen molar-refractivity contribution < 1.29 is 40.2 Å². The second-order valence-electron chi connectivity index (χ2n) is 9.83. The smallest absolute Gasteiger partial charge is 0.143 e. The van der Waals surface area contributed by atoms with Crippen molar-refractivity contribution in [3.05, 3.63) is 11.6 Å². The van der Waals surface area contributed by atoms with Crippen LogP contribution < -0.4 is 0 Å². The molecule has 10 atom stereocenters. The number of carbonyl (C=O) groups excluding carboxylic acids is 1. The minimum absolute atomic E-state index is 0.0421. The largest absolute Gasteiger partial charge is 0.393 e. The Labute approximate surface area is 163 Å². The molecule has 8 nitrogen and oxygen atoms in total. The van der Waals surface area contributed by atoms with Crippen molar-refractivity contribution >= 4 is 5.78 Å². The molecule has 158 valence electrons. The van der Waals surface area contributed by atoms with E-state index in [-0.39, 0.29) is 12.2 Å². The Morgan fingerprint density at radius 3 is 2.36 bits per heavy atom. The highest BCUT2D eigenvalue weighted by Gasteiger charge is 2.78. The van der Waals surface area contributed by atoms with Crippen LogP contribution in [0.2, 0.25) is 0 Å². The summed E-state index contributed by atoms with van der Waals surface area (Å²) in [7, 11) is 0. The van der Waals surface area contributed by atoms with E-state index in [1.807, 2.05) is 0 Å². The quantitative estimate of drug-likeness (QED) is 0.293.